The Morgan fingerprint density at radius 2 is 2.00 bits per heavy atom. The van der Waals surface area contributed by atoms with Crippen molar-refractivity contribution in [3.05, 3.63) is 29.3 Å². The van der Waals surface area contributed by atoms with Crippen molar-refractivity contribution in [2.75, 3.05) is 25.0 Å². The van der Waals surface area contributed by atoms with E-state index >= 15 is 0 Å². The van der Waals surface area contributed by atoms with E-state index in [4.69, 9.17) is 0 Å². The van der Waals surface area contributed by atoms with E-state index in [0.29, 0.717) is 0 Å². The minimum absolute atomic E-state index is 0.215. The van der Waals surface area contributed by atoms with Crippen molar-refractivity contribution >= 4 is 11.6 Å². The summed E-state index contributed by atoms with van der Waals surface area (Å²) in [7, 11) is 0. The van der Waals surface area contributed by atoms with Gasteiger partial charge < -0.3 is 10.2 Å². The zero-order valence-electron chi connectivity index (χ0n) is 13.2. The number of likely N-dealkylation sites (tertiary alicyclic amines) is 1. The lowest BCUT2D eigenvalue weighted by Gasteiger charge is -2.20. The van der Waals surface area contributed by atoms with E-state index < -0.39 is 0 Å². The molecule has 0 bridgehead atoms. The standard InChI is InChI=1S/C18H26N2O/c1-3-9-19-17-8-7-13(2)10-16(17)18(21)20-11-14-5-4-6-15(14)12-20/h7-8,10,14-15,19H,3-6,9,11-12H2,1-2H3. The van der Waals surface area contributed by atoms with Crippen molar-refractivity contribution in [1.82, 2.24) is 4.90 Å². The molecule has 21 heavy (non-hydrogen) atoms. The predicted molar refractivity (Wildman–Crippen MR) is 86.7 cm³/mol. The summed E-state index contributed by atoms with van der Waals surface area (Å²) in [6.45, 7) is 7.04. The topological polar surface area (TPSA) is 32.3 Å². The Hall–Kier alpha value is -1.51. The van der Waals surface area contributed by atoms with Gasteiger partial charge in [-0.25, -0.2) is 0 Å². The Morgan fingerprint density at radius 3 is 2.67 bits per heavy atom. The van der Waals surface area contributed by atoms with Crippen LogP contribution >= 0.6 is 0 Å². The fourth-order valence-electron chi connectivity index (χ4n) is 3.82. The quantitative estimate of drug-likeness (QED) is 0.915. The van der Waals surface area contributed by atoms with Gasteiger partial charge in [-0.15, -0.1) is 0 Å². The lowest BCUT2D eigenvalue weighted by molar-refractivity contribution is 0.0781. The van der Waals surface area contributed by atoms with Crippen molar-refractivity contribution in [3.63, 3.8) is 0 Å². The van der Waals surface area contributed by atoms with Crippen LogP contribution in [0.1, 0.15) is 48.5 Å². The molecule has 0 spiro atoms. The van der Waals surface area contributed by atoms with Crippen molar-refractivity contribution in [2.45, 2.75) is 39.5 Å². The minimum atomic E-state index is 0.215. The summed E-state index contributed by atoms with van der Waals surface area (Å²) in [5.41, 5.74) is 2.99. The number of nitrogens with one attached hydrogen (secondary N) is 1. The van der Waals surface area contributed by atoms with Gasteiger partial charge in [0, 0.05) is 25.3 Å². The number of anilines is 1. The van der Waals surface area contributed by atoms with Gasteiger partial charge in [0.25, 0.3) is 5.91 Å². The first kappa shape index (κ1) is 14.4. The summed E-state index contributed by atoms with van der Waals surface area (Å²) in [6.07, 6.45) is 5.03. The number of carbonyl (C=O) groups excluding carboxylic acids is 1. The van der Waals surface area contributed by atoms with Gasteiger partial charge in [-0.1, -0.05) is 25.0 Å². The van der Waals surface area contributed by atoms with Crippen LogP contribution < -0.4 is 5.32 Å². The molecule has 3 heteroatoms. The van der Waals surface area contributed by atoms with Crippen LogP contribution in [0.3, 0.4) is 0 Å². The smallest absolute Gasteiger partial charge is 0.255 e. The maximum Gasteiger partial charge on any atom is 0.255 e. The summed E-state index contributed by atoms with van der Waals surface area (Å²) in [6, 6.07) is 6.16. The summed E-state index contributed by atoms with van der Waals surface area (Å²) in [5, 5.41) is 3.40. The molecule has 2 fully saturated rings. The van der Waals surface area contributed by atoms with Crippen LogP contribution in [0.2, 0.25) is 0 Å². The fraction of sp³-hybridized carbons (Fsp3) is 0.611. The number of aryl methyl sites for hydroxylation is 1. The second-order valence-corrected chi connectivity index (χ2v) is 6.64. The van der Waals surface area contributed by atoms with Crippen LogP contribution in [0, 0.1) is 18.8 Å². The number of hydrogen-bond donors (Lipinski definition) is 1. The molecule has 1 saturated carbocycles. The third-order valence-corrected chi connectivity index (χ3v) is 4.98. The van der Waals surface area contributed by atoms with E-state index in [1.54, 1.807) is 0 Å². The highest BCUT2D eigenvalue weighted by Gasteiger charge is 2.38. The van der Waals surface area contributed by atoms with Gasteiger partial charge in [0.05, 0.1) is 5.56 Å². The fourth-order valence-corrected chi connectivity index (χ4v) is 3.82. The zero-order valence-corrected chi connectivity index (χ0v) is 13.2. The van der Waals surface area contributed by atoms with Gasteiger partial charge in [0.2, 0.25) is 0 Å². The molecule has 1 amide bonds. The van der Waals surface area contributed by atoms with E-state index in [0.717, 1.165) is 54.7 Å². The Kier molecular flexibility index (Phi) is 4.18. The monoisotopic (exact) mass is 286 g/mol. The van der Waals surface area contributed by atoms with Gasteiger partial charge in [-0.05, 0) is 50.2 Å². The van der Waals surface area contributed by atoms with Crippen molar-refractivity contribution in [1.29, 1.82) is 0 Å². The minimum Gasteiger partial charge on any atom is -0.384 e. The Morgan fingerprint density at radius 1 is 1.29 bits per heavy atom. The van der Waals surface area contributed by atoms with Crippen molar-refractivity contribution in [2.24, 2.45) is 11.8 Å². The lowest BCUT2D eigenvalue weighted by Crippen LogP contribution is -2.30. The van der Waals surface area contributed by atoms with Crippen molar-refractivity contribution < 1.29 is 4.79 Å². The molecule has 1 aromatic carbocycles. The number of carbonyl (C=O) groups is 1. The van der Waals surface area contributed by atoms with Crippen LogP contribution in [0.5, 0.6) is 0 Å². The molecule has 0 radical (unpaired) electrons. The Bertz CT molecular complexity index is 514. The van der Waals surface area contributed by atoms with E-state index in [1.165, 1.54) is 19.3 Å². The second kappa shape index (κ2) is 6.08. The number of fused-ring (bicyclic) bond motifs is 1. The molecule has 0 aromatic heterocycles. The highest BCUT2D eigenvalue weighted by molar-refractivity contribution is 6.00. The van der Waals surface area contributed by atoms with Crippen LogP contribution in [0.25, 0.3) is 0 Å². The molecule has 1 aliphatic carbocycles. The number of hydrogen-bond acceptors (Lipinski definition) is 2. The molecule has 1 saturated heterocycles. The van der Waals surface area contributed by atoms with Crippen LogP contribution in [0.4, 0.5) is 5.69 Å². The summed E-state index contributed by atoms with van der Waals surface area (Å²) in [4.78, 5) is 15.0. The molecule has 3 nitrogen and oxygen atoms in total. The van der Waals surface area contributed by atoms with Gasteiger partial charge >= 0.3 is 0 Å². The van der Waals surface area contributed by atoms with Gasteiger partial charge in [0.1, 0.15) is 0 Å². The van der Waals surface area contributed by atoms with Crippen LogP contribution in [-0.2, 0) is 0 Å². The zero-order chi connectivity index (χ0) is 14.8. The molecule has 3 rings (SSSR count). The van der Waals surface area contributed by atoms with Crippen molar-refractivity contribution in [3.8, 4) is 0 Å². The molecule has 114 valence electrons. The number of nitrogens with zero attached hydrogens (tertiary/aromatic N) is 1. The number of amides is 1. The highest BCUT2D eigenvalue weighted by atomic mass is 16.2. The van der Waals surface area contributed by atoms with Crippen LogP contribution in [-0.4, -0.2) is 30.4 Å². The Labute approximate surface area is 127 Å². The molecule has 1 aliphatic heterocycles. The average molecular weight is 286 g/mol. The largest absolute Gasteiger partial charge is 0.384 e. The molecule has 1 heterocycles. The van der Waals surface area contributed by atoms with Gasteiger partial charge in [-0.3, -0.25) is 4.79 Å². The SMILES string of the molecule is CCCNc1ccc(C)cc1C(=O)N1CC2CCCC2C1. The highest BCUT2D eigenvalue weighted by Crippen LogP contribution is 2.38. The van der Waals surface area contributed by atoms with Gasteiger partial charge in [0.15, 0.2) is 0 Å². The normalized spacial score (nSPS) is 24.2. The summed E-state index contributed by atoms with van der Waals surface area (Å²) in [5.74, 6) is 1.73. The summed E-state index contributed by atoms with van der Waals surface area (Å²) >= 11 is 0. The first-order valence-corrected chi connectivity index (χ1v) is 8.33. The van der Waals surface area contributed by atoms with E-state index in [2.05, 4.69) is 36.2 Å². The molecule has 2 aliphatic rings. The molecular formula is C18H26N2O. The Balaban J connectivity index is 1.78. The predicted octanol–water partition coefficient (Wildman–Crippen LogP) is 3.69. The maximum absolute atomic E-state index is 12.9. The molecule has 2 atom stereocenters. The first-order valence-electron chi connectivity index (χ1n) is 8.33. The molecule has 1 aromatic rings. The second-order valence-electron chi connectivity index (χ2n) is 6.64. The number of rotatable bonds is 4. The van der Waals surface area contributed by atoms with Crippen LogP contribution in [0.15, 0.2) is 18.2 Å². The third kappa shape index (κ3) is 2.92. The molecule has 2 unspecified atom stereocenters. The van der Waals surface area contributed by atoms with E-state index in [9.17, 15) is 4.79 Å². The average Bonchev–Trinajstić information content (AvgIpc) is 3.06. The molecular weight excluding hydrogens is 260 g/mol. The molecule has 1 N–H and O–H groups in total. The van der Waals surface area contributed by atoms with Gasteiger partial charge in [-0.2, -0.15) is 0 Å². The summed E-state index contributed by atoms with van der Waals surface area (Å²) < 4.78 is 0. The first-order chi connectivity index (χ1) is 10.2. The number of benzene rings is 1. The van der Waals surface area contributed by atoms with E-state index in [1.807, 2.05) is 6.07 Å². The lowest BCUT2D eigenvalue weighted by atomic mass is 10.0. The maximum atomic E-state index is 12.9. The van der Waals surface area contributed by atoms with E-state index in [-0.39, 0.29) is 5.91 Å². The third-order valence-electron chi connectivity index (χ3n) is 4.98.